The van der Waals surface area contributed by atoms with Crippen molar-refractivity contribution in [1.29, 1.82) is 0 Å². The highest BCUT2D eigenvalue weighted by atomic mass is 32.1. The summed E-state index contributed by atoms with van der Waals surface area (Å²) < 4.78 is 29.9. The molecule has 2 fully saturated rings. The maximum atomic E-state index is 12.8. The van der Waals surface area contributed by atoms with E-state index < -0.39 is 6.61 Å². The summed E-state index contributed by atoms with van der Waals surface area (Å²) in [7, 11) is 0. The Morgan fingerprint density at radius 1 is 1.15 bits per heavy atom. The van der Waals surface area contributed by atoms with E-state index in [1.54, 1.807) is 18.3 Å². The fraction of sp³-hybridized carbons (Fsp3) is 0.500. The number of aromatic nitrogens is 4. The second-order valence-corrected chi connectivity index (χ2v) is 11.1. The van der Waals surface area contributed by atoms with Crippen LogP contribution < -0.4 is 20.3 Å². The molecule has 0 saturated carbocycles. The van der Waals surface area contributed by atoms with E-state index in [1.165, 1.54) is 11.3 Å². The average molecular weight is 559 g/mol. The highest BCUT2D eigenvalue weighted by molar-refractivity contribution is 7.19. The molecular weight excluding hydrogens is 526 g/mol. The SMILES string of the molecule is Cc1cc(CN2CCC[C@@H](CC(=O)Nc3nnc(N[C@@H]4CCN(c5cccnn5)C4)s3)C2)cc(OC(F)F)c1. The maximum absolute atomic E-state index is 12.8. The van der Waals surface area contributed by atoms with Crippen LogP contribution in [0.1, 0.15) is 36.8 Å². The molecule has 2 N–H and O–H groups in total. The van der Waals surface area contributed by atoms with Crippen LogP contribution in [0.4, 0.5) is 24.9 Å². The zero-order chi connectivity index (χ0) is 27.2. The summed E-state index contributed by atoms with van der Waals surface area (Å²) in [4.78, 5) is 17.2. The number of alkyl halides is 2. The smallest absolute Gasteiger partial charge is 0.387 e. The van der Waals surface area contributed by atoms with Crippen LogP contribution >= 0.6 is 11.3 Å². The minimum atomic E-state index is -2.85. The Balaban J connectivity index is 1.08. The van der Waals surface area contributed by atoms with E-state index in [1.807, 2.05) is 25.1 Å². The van der Waals surface area contributed by atoms with Gasteiger partial charge in [0.2, 0.25) is 16.2 Å². The Kier molecular flexibility index (Phi) is 8.77. The van der Waals surface area contributed by atoms with Crippen LogP contribution in [0, 0.1) is 12.8 Å². The summed E-state index contributed by atoms with van der Waals surface area (Å²) in [6.45, 7) is 2.98. The third kappa shape index (κ3) is 7.79. The van der Waals surface area contributed by atoms with Crippen molar-refractivity contribution in [2.24, 2.45) is 5.92 Å². The second-order valence-electron chi connectivity index (χ2n) is 10.1. The molecule has 10 nitrogen and oxygen atoms in total. The van der Waals surface area contributed by atoms with E-state index in [0.29, 0.717) is 23.2 Å². The van der Waals surface area contributed by atoms with Gasteiger partial charge in [-0.1, -0.05) is 17.4 Å². The molecule has 0 bridgehead atoms. The molecule has 2 aromatic heterocycles. The van der Waals surface area contributed by atoms with Gasteiger partial charge >= 0.3 is 6.61 Å². The number of nitrogens with one attached hydrogen (secondary N) is 2. The molecule has 0 unspecified atom stereocenters. The number of halogens is 2. The van der Waals surface area contributed by atoms with Crippen molar-refractivity contribution in [3.63, 3.8) is 0 Å². The first-order valence-electron chi connectivity index (χ1n) is 13.1. The topological polar surface area (TPSA) is 108 Å². The number of rotatable bonds is 10. The van der Waals surface area contributed by atoms with Crippen LogP contribution in [0.5, 0.6) is 5.75 Å². The Morgan fingerprint density at radius 2 is 2.03 bits per heavy atom. The molecule has 2 aliphatic rings. The number of ether oxygens (including phenoxy) is 1. The fourth-order valence-electron chi connectivity index (χ4n) is 5.29. The van der Waals surface area contributed by atoms with Crippen molar-refractivity contribution in [1.82, 2.24) is 25.3 Å². The van der Waals surface area contributed by atoms with E-state index in [9.17, 15) is 13.6 Å². The van der Waals surface area contributed by atoms with E-state index in [4.69, 9.17) is 0 Å². The first kappa shape index (κ1) is 27.1. The van der Waals surface area contributed by atoms with E-state index in [0.717, 1.165) is 62.4 Å². The normalized spacial score (nSPS) is 19.8. The summed E-state index contributed by atoms with van der Waals surface area (Å²) in [5.41, 5.74) is 1.80. The standard InChI is InChI=1S/C26H32F2N8O2S/c1-17-10-19(12-21(11-17)38-24(27)28)15-35-8-3-4-18(14-35)13-23(37)31-26-34-33-25(39-26)30-20-6-9-36(16-20)22-5-2-7-29-32-22/h2,5,7,10-12,18,20,24H,3-4,6,8-9,13-16H2,1H3,(H,30,33)(H,31,34,37)/t18-,20+/m0/s1. The molecular formula is C26H32F2N8O2S. The van der Waals surface area contributed by atoms with Gasteiger partial charge in [-0.3, -0.25) is 9.69 Å². The van der Waals surface area contributed by atoms with Crippen molar-refractivity contribution in [2.45, 2.75) is 51.8 Å². The van der Waals surface area contributed by atoms with Gasteiger partial charge in [0, 0.05) is 44.8 Å². The Bertz CT molecular complexity index is 1250. The van der Waals surface area contributed by atoms with Gasteiger partial charge in [-0.15, -0.1) is 15.3 Å². The molecule has 0 spiro atoms. The number of hydrogen-bond donors (Lipinski definition) is 2. The third-order valence-corrected chi connectivity index (χ3v) is 7.66. The number of benzene rings is 1. The van der Waals surface area contributed by atoms with Crippen LogP contribution in [0.15, 0.2) is 36.5 Å². The molecule has 5 rings (SSSR count). The summed E-state index contributed by atoms with van der Waals surface area (Å²) in [5, 5.41) is 23.9. The first-order chi connectivity index (χ1) is 18.9. The quantitative estimate of drug-likeness (QED) is 0.379. The summed E-state index contributed by atoms with van der Waals surface area (Å²) in [6, 6.07) is 9.29. The molecule has 208 valence electrons. The molecule has 1 aromatic carbocycles. The predicted molar refractivity (Wildman–Crippen MR) is 145 cm³/mol. The van der Waals surface area contributed by atoms with Crippen LogP contribution in [0.3, 0.4) is 0 Å². The van der Waals surface area contributed by atoms with E-state index in [2.05, 4.69) is 45.6 Å². The lowest BCUT2D eigenvalue weighted by atomic mass is 9.94. The number of anilines is 3. The van der Waals surface area contributed by atoms with Gasteiger partial charge in [-0.25, -0.2) is 0 Å². The molecule has 2 atom stereocenters. The third-order valence-electron chi connectivity index (χ3n) is 6.89. The minimum Gasteiger partial charge on any atom is -0.435 e. The monoisotopic (exact) mass is 558 g/mol. The lowest BCUT2D eigenvalue weighted by Crippen LogP contribution is -2.36. The molecule has 2 saturated heterocycles. The Hall–Kier alpha value is -3.45. The van der Waals surface area contributed by atoms with Crippen LogP contribution in [-0.4, -0.2) is 70.0 Å². The van der Waals surface area contributed by atoms with Crippen molar-refractivity contribution in [2.75, 3.05) is 41.7 Å². The van der Waals surface area contributed by atoms with Gasteiger partial charge in [-0.2, -0.15) is 13.9 Å². The summed E-state index contributed by atoms with van der Waals surface area (Å²) in [6.07, 6.45) is 4.93. The van der Waals surface area contributed by atoms with Gasteiger partial charge in [0.05, 0.1) is 0 Å². The van der Waals surface area contributed by atoms with E-state index >= 15 is 0 Å². The molecule has 1 amide bonds. The zero-order valence-corrected chi connectivity index (χ0v) is 22.5. The van der Waals surface area contributed by atoms with Crippen LogP contribution in [0.2, 0.25) is 0 Å². The van der Waals surface area contributed by atoms with Crippen LogP contribution in [0.25, 0.3) is 0 Å². The van der Waals surface area contributed by atoms with Gasteiger partial charge in [0.25, 0.3) is 0 Å². The molecule has 0 aliphatic carbocycles. The lowest BCUT2D eigenvalue weighted by molar-refractivity contribution is -0.117. The maximum Gasteiger partial charge on any atom is 0.387 e. The number of carbonyl (C=O) groups excluding carboxylic acids is 1. The lowest BCUT2D eigenvalue weighted by Gasteiger charge is -2.32. The Morgan fingerprint density at radius 3 is 2.85 bits per heavy atom. The number of hydrogen-bond acceptors (Lipinski definition) is 10. The molecule has 2 aliphatic heterocycles. The highest BCUT2D eigenvalue weighted by Crippen LogP contribution is 2.27. The zero-order valence-electron chi connectivity index (χ0n) is 21.7. The number of amides is 1. The van der Waals surface area contributed by atoms with Crippen LogP contribution in [-0.2, 0) is 11.3 Å². The molecule has 3 aromatic rings. The number of piperidine rings is 1. The molecule has 0 radical (unpaired) electrons. The number of nitrogens with zero attached hydrogens (tertiary/aromatic N) is 6. The van der Waals surface area contributed by atoms with Crippen molar-refractivity contribution in [3.8, 4) is 5.75 Å². The van der Waals surface area contributed by atoms with E-state index in [-0.39, 0.29) is 23.6 Å². The second kappa shape index (κ2) is 12.6. The molecule has 13 heteroatoms. The van der Waals surface area contributed by atoms with Crippen molar-refractivity contribution < 1.29 is 18.3 Å². The largest absolute Gasteiger partial charge is 0.435 e. The van der Waals surface area contributed by atoms with Gasteiger partial charge in [0.15, 0.2) is 5.82 Å². The fourth-order valence-corrected chi connectivity index (χ4v) is 6.03. The predicted octanol–water partition coefficient (Wildman–Crippen LogP) is 4.17. The Labute approximate surface area is 229 Å². The highest BCUT2D eigenvalue weighted by Gasteiger charge is 2.26. The van der Waals surface area contributed by atoms with Gasteiger partial charge in [0.1, 0.15) is 5.75 Å². The van der Waals surface area contributed by atoms with Gasteiger partial charge < -0.3 is 20.3 Å². The first-order valence-corrected chi connectivity index (χ1v) is 13.9. The van der Waals surface area contributed by atoms with Crippen molar-refractivity contribution >= 4 is 33.3 Å². The summed E-state index contributed by atoms with van der Waals surface area (Å²) in [5.74, 6) is 1.16. The van der Waals surface area contributed by atoms with Gasteiger partial charge in [-0.05, 0) is 74.0 Å². The number of aryl methyl sites for hydroxylation is 1. The van der Waals surface area contributed by atoms with Crippen molar-refractivity contribution in [3.05, 3.63) is 47.7 Å². The average Bonchev–Trinajstić information content (AvgIpc) is 3.54. The molecule has 4 heterocycles. The molecule has 39 heavy (non-hydrogen) atoms. The summed E-state index contributed by atoms with van der Waals surface area (Å²) >= 11 is 1.33. The number of carbonyl (C=O) groups is 1. The minimum absolute atomic E-state index is 0.0811. The number of likely N-dealkylation sites (tertiary alicyclic amines) is 1.